The minimum atomic E-state index is -0.972. The van der Waals surface area contributed by atoms with Gasteiger partial charge in [0.15, 0.2) is 5.76 Å². The van der Waals surface area contributed by atoms with E-state index in [2.05, 4.69) is 21.3 Å². The number of Topliss-reactive ketones (excluding diaryl/α,β-unsaturated/α-hetero) is 1. The fourth-order valence-electron chi connectivity index (χ4n) is 9.02. The Bertz CT molecular complexity index is 1400. The lowest BCUT2D eigenvalue weighted by atomic mass is 9.60. The van der Waals surface area contributed by atoms with Crippen molar-refractivity contribution in [2.45, 2.75) is 140 Å². The molecule has 0 bridgehead atoms. The molecule has 7 atom stereocenters. The van der Waals surface area contributed by atoms with Crippen LogP contribution in [0.15, 0.2) is 22.8 Å². The molecule has 3 heterocycles. The maximum absolute atomic E-state index is 14.6. The fraction of sp³-hybridized carbons (Fsp3) is 0.722. The van der Waals surface area contributed by atoms with Gasteiger partial charge in [0, 0.05) is 12.1 Å². The number of carbonyl (C=O) groups excluding carboxylic acids is 6. The second kappa shape index (κ2) is 14.0. The largest absolute Gasteiger partial charge is 0.459 e. The van der Waals surface area contributed by atoms with E-state index in [9.17, 15) is 28.8 Å². The molecule has 262 valence electrons. The minimum Gasteiger partial charge on any atom is -0.459 e. The Balaban J connectivity index is 1.23. The van der Waals surface area contributed by atoms with E-state index in [1.165, 1.54) is 6.26 Å². The van der Waals surface area contributed by atoms with Crippen LogP contribution < -0.4 is 21.3 Å². The van der Waals surface area contributed by atoms with Crippen molar-refractivity contribution in [2.75, 3.05) is 0 Å². The first-order chi connectivity index (χ1) is 23.0. The van der Waals surface area contributed by atoms with Crippen LogP contribution in [0.1, 0.15) is 115 Å². The quantitative estimate of drug-likeness (QED) is 0.249. The molecule has 6 rings (SSSR count). The summed E-state index contributed by atoms with van der Waals surface area (Å²) in [6, 6.07) is -0.506. The molecular formula is C36H51N5O7. The van der Waals surface area contributed by atoms with Gasteiger partial charge in [0.25, 0.3) is 11.8 Å². The van der Waals surface area contributed by atoms with Gasteiger partial charge in [-0.1, -0.05) is 52.9 Å². The number of ketones is 1. The predicted octanol–water partition coefficient (Wildman–Crippen LogP) is 3.00. The zero-order valence-electron chi connectivity index (χ0n) is 28.4. The molecule has 5 aliphatic rings. The van der Waals surface area contributed by atoms with E-state index in [4.69, 9.17) is 4.42 Å². The standard InChI is InChI=1S/C36H51N5O7/c1-4-10-24(29(42)34(46)37-22-16-17-22)38-31(43)25-19-21-13-8-14-23-28(21)41(25)35(47)30(36(23,2)3)40-33(45)27(20-11-6-5-7-12-20)39-32(44)26-15-9-18-48-26/h9,15,18,20-25,27-28,30H,4-8,10-14,16-17,19H2,1-3H3,(H,37,46)(H,38,43)(H,39,44)(H,40,45). The SMILES string of the molecule is CCCC(NC(=O)C1CC2CCCC3C2N1C(=O)C(NC(=O)C(NC(=O)c1ccco1)C1CCCCC1)C3(C)C)C(=O)C(=O)NC1CC1. The first kappa shape index (κ1) is 34.2. The first-order valence-corrected chi connectivity index (χ1v) is 18.1. The number of furan rings is 1. The highest BCUT2D eigenvalue weighted by molar-refractivity contribution is 6.38. The Morgan fingerprint density at radius 1 is 0.958 bits per heavy atom. The maximum atomic E-state index is 14.6. The van der Waals surface area contributed by atoms with Gasteiger partial charge in [-0.2, -0.15) is 0 Å². The number of rotatable bonds is 12. The maximum Gasteiger partial charge on any atom is 0.289 e. The van der Waals surface area contributed by atoms with Crippen LogP contribution in [0.2, 0.25) is 0 Å². The number of hydrogen-bond acceptors (Lipinski definition) is 7. The van der Waals surface area contributed by atoms with Crippen molar-refractivity contribution in [1.82, 2.24) is 26.2 Å². The summed E-state index contributed by atoms with van der Waals surface area (Å²) in [5, 5.41) is 11.6. The monoisotopic (exact) mass is 665 g/mol. The van der Waals surface area contributed by atoms with Gasteiger partial charge in [0.1, 0.15) is 18.1 Å². The summed E-state index contributed by atoms with van der Waals surface area (Å²) in [6.07, 6.45) is 11.8. The molecule has 2 saturated heterocycles. The van der Waals surface area contributed by atoms with E-state index in [0.717, 1.165) is 64.2 Å². The number of nitrogens with one attached hydrogen (secondary N) is 4. The van der Waals surface area contributed by atoms with Crippen LogP contribution in [0.5, 0.6) is 0 Å². The molecule has 5 fully saturated rings. The minimum absolute atomic E-state index is 0.0203. The van der Waals surface area contributed by atoms with E-state index < -0.39 is 59.0 Å². The van der Waals surface area contributed by atoms with E-state index >= 15 is 0 Å². The van der Waals surface area contributed by atoms with Crippen molar-refractivity contribution in [3.05, 3.63) is 24.2 Å². The van der Waals surface area contributed by atoms with Crippen LogP contribution >= 0.6 is 0 Å². The molecule has 3 saturated carbocycles. The molecule has 4 N–H and O–H groups in total. The summed E-state index contributed by atoms with van der Waals surface area (Å²) in [5.41, 5.74) is -0.609. The third-order valence-electron chi connectivity index (χ3n) is 11.7. The van der Waals surface area contributed by atoms with Gasteiger partial charge < -0.3 is 30.6 Å². The van der Waals surface area contributed by atoms with E-state index in [0.29, 0.717) is 19.3 Å². The summed E-state index contributed by atoms with van der Waals surface area (Å²) >= 11 is 0. The Morgan fingerprint density at radius 3 is 2.38 bits per heavy atom. The van der Waals surface area contributed by atoms with Gasteiger partial charge in [-0.25, -0.2) is 0 Å². The molecular weight excluding hydrogens is 614 g/mol. The van der Waals surface area contributed by atoms with Crippen LogP contribution in [-0.2, 0) is 24.0 Å². The number of amides is 5. The third-order valence-corrected chi connectivity index (χ3v) is 11.7. The lowest BCUT2D eigenvalue weighted by molar-refractivity contribution is -0.160. The topological polar surface area (TPSA) is 167 Å². The first-order valence-electron chi connectivity index (χ1n) is 18.1. The lowest BCUT2D eigenvalue weighted by Crippen LogP contribution is -2.70. The Kier molecular flexibility index (Phi) is 9.99. The van der Waals surface area contributed by atoms with Crippen LogP contribution in [0.4, 0.5) is 0 Å². The van der Waals surface area contributed by atoms with Crippen LogP contribution in [0.25, 0.3) is 0 Å². The van der Waals surface area contributed by atoms with Crippen molar-refractivity contribution in [3.8, 4) is 0 Å². The second-order valence-corrected chi connectivity index (χ2v) is 15.3. The lowest BCUT2D eigenvalue weighted by Gasteiger charge is -2.55. The summed E-state index contributed by atoms with van der Waals surface area (Å²) in [7, 11) is 0. The van der Waals surface area contributed by atoms with Gasteiger partial charge in [0.2, 0.25) is 23.5 Å². The number of nitrogens with zero attached hydrogens (tertiary/aromatic N) is 1. The average molecular weight is 666 g/mol. The molecule has 48 heavy (non-hydrogen) atoms. The summed E-state index contributed by atoms with van der Waals surface area (Å²) in [6.45, 7) is 5.94. The summed E-state index contributed by atoms with van der Waals surface area (Å²) < 4.78 is 5.29. The highest BCUT2D eigenvalue weighted by Crippen LogP contribution is 2.54. The molecule has 12 heteroatoms. The van der Waals surface area contributed by atoms with Crippen molar-refractivity contribution >= 4 is 35.3 Å². The molecule has 0 spiro atoms. The van der Waals surface area contributed by atoms with E-state index in [1.54, 1.807) is 17.0 Å². The van der Waals surface area contributed by atoms with Gasteiger partial charge in [0.05, 0.1) is 12.3 Å². The number of hydrogen-bond donors (Lipinski definition) is 4. The smallest absolute Gasteiger partial charge is 0.289 e. The molecule has 1 aromatic heterocycles. The van der Waals surface area contributed by atoms with Crippen molar-refractivity contribution in [2.24, 2.45) is 23.2 Å². The van der Waals surface area contributed by atoms with Gasteiger partial charge >= 0.3 is 0 Å². The van der Waals surface area contributed by atoms with Crippen molar-refractivity contribution < 1.29 is 33.2 Å². The number of piperidine rings is 1. The molecule has 0 aromatic carbocycles. The molecule has 12 nitrogen and oxygen atoms in total. The van der Waals surface area contributed by atoms with Gasteiger partial charge in [-0.3, -0.25) is 28.8 Å². The van der Waals surface area contributed by atoms with E-state index in [1.807, 2.05) is 20.8 Å². The Morgan fingerprint density at radius 2 is 1.71 bits per heavy atom. The Hall–Kier alpha value is -3.70. The molecule has 2 aliphatic heterocycles. The normalized spacial score (nSPS) is 29.3. The van der Waals surface area contributed by atoms with Crippen molar-refractivity contribution in [3.63, 3.8) is 0 Å². The van der Waals surface area contributed by atoms with E-state index in [-0.39, 0.29) is 41.5 Å². The predicted molar refractivity (Wildman–Crippen MR) is 175 cm³/mol. The molecule has 7 unspecified atom stereocenters. The van der Waals surface area contributed by atoms with Gasteiger partial charge in [-0.15, -0.1) is 0 Å². The van der Waals surface area contributed by atoms with Crippen LogP contribution in [0, 0.1) is 23.2 Å². The zero-order chi connectivity index (χ0) is 34.2. The van der Waals surface area contributed by atoms with Crippen LogP contribution in [0.3, 0.4) is 0 Å². The zero-order valence-corrected chi connectivity index (χ0v) is 28.4. The Labute approximate surface area is 282 Å². The van der Waals surface area contributed by atoms with Crippen LogP contribution in [-0.4, -0.2) is 76.5 Å². The molecule has 3 aliphatic carbocycles. The summed E-state index contributed by atoms with van der Waals surface area (Å²) in [5.74, 6) is -2.77. The van der Waals surface area contributed by atoms with Gasteiger partial charge in [-0.05, 0) is 86.7 Å². The third kappa shape index (κ3) is 6.76. The fourth-order valence-corrected chi connectivity index (χ4v) is 9.02. The number of carbonyl (C=O) groups is 6. The second-order valence-electron chi connectivity index (χ2n) is 15.3. The average Bonchev–Trinajstić information content (AvgIpc) is 3.54. The molecule has 0 radical (unpaired) electrons. The highest BCUT2D eigenvalue weighted by atomic mass is 16.3. The van der Waals surface area contributed by atoms with Crippen molar-refractivity contribution in [1.29, 1.82) is 0 Å². The summed E-state index contributed by atoms with van der Waals surface area (Å²) in [4.78, 5) is 83.2. The molecule has 1 aromatic rings. The highest BCUT2D eigenvalue weighted by Gasteiger charge is 2.62. The molecule has 5 amide bonds.